The van der Waals surface area contributed by atoms with Crippen molar-refractivity contribution in [2.75, 3.05) is 19.6 Å². The van der Waals surface area contributed by atoms with Crippen molar-refractivity contribution >= 4 is 0 Å². The molecule has 1 saturated heterocycles. The first-order valence-electron chi connectivity index (χ1n) is 6.55. The highest BCUT2D eigenvalue weighted by molar-refractivity contribution is 4.82. The molecule has 0 amide bonds. The second-order valence-electron chi connectivity index (χ2n) is 5.90. The van der Waals surface area contributed by atoms with E-state index in [0.717, 1.165) is 24.8 Å². The average Bonchev–Trinajstić information content (AvgIpc) is 2.58. The van der Waals surface area contributed by atoms with E-state index in [0.29, 0.717) is 5.92 Å². The molecule has 2 rings (SSSR count). The summed E-state index contributed by atoms with van der Waals surface area (Å²) in [5, 5.41) is 9.99. The van der Waals surface area contributed by atoms with E-state index < -0.39 is 0 Å². The van der Waals surface area contributed by atoms with Crippen LogP contribution in [-0.2, 0) is 0 Å². The van der Waals surface area contributed by atoms with Crippen LogP contribution in [0.1, 0.15) is 39.5 Å². The number of aliphatic hydroxyl groups excluding tert-OH is 1. The van der Waals surface area contributed by atoms with Crippen LogP contribution < -0.4 is 0 Å². The van der Waals surface area contributed by atoms with Gasteiger partial charge in [0.15, 0.2) is 0 Å². The van der Waals surface area contributed by atoms with Crippen LogP contribution in [0, 0.1) is 17.8 Å². The van der Waals surface area contributed by atoms with Gasteiger partial charge in [-0.2, -0.15) is 0 Å². The van der Waals surface area contributed by atoms with E-state index in [1.165, 1.54) is 32.4 Å². The van der Waals surface area contributed by atoms with Gasteiger partial charge in [0.1, 0.15) is 0 Å². The third-order valence-electron chi connectivity index (χ3n) is 4.21. The molecule has 2 heteroatoms. The van der Waals surface area contributed by atoms with Gasteiger partial charge in [-0.05, 0) is 50.0 Å². The van der Waals surface area contributed by atoms with Gasteiger partial charge in [0, 0.05) is 13.1 Å². The van der Waals surface area contributed by atoms with Gasteiger partial charge < -0.3 is 10.0 Å². The van der Waals surface area contributed by atoms with Crippen LogP contribution in [0.3, 0.4) is 0 Å². The van der Waals surface area contributed by atoms with E-state index in [2.05, 4.69) is 18.7 Å². The lowest BCUT2D eigenvalue weighted by atomic mass is 9.80. The summed E-state index contributed by atoms with van der Waals surface area (Å²) in [6.45, 7) is 8.29. The molecule has 1 aliphatic heterocycles. The van der Waals surface area contributed by atoms with E-state index in [4.69, 9.17) is 0 Å². The van der Waals surface area contributed by atoms with Gasteiger partial charge in [-0.3, -0.25) is 0 Å². The second-order valence-corrected chi connectivity index (χ2v) is 5.90. The molecule has 1 saturated carbocycles. The molecule has 2 nitrogen and oxygen atoms in total. The largest absolute Gasteiger partial charge is 0.393 e. The van der Waals surface area contributed by atoms with Crippen LogP contribution in [0.2, 0.25) is 0 Å². The van der Waals surface area contributed by atoms with Gasteiger partial charge >= 0.3 is 0 Å². The minimum Gasteiger partial charge on any atom is -0.393 e. The molecule has 15 heavy (non-hydrogen) atoms. The third kappa shape index (κ3) is 2.94. The van der Waals surface area contributed by atoms with Crippen LogP contribution in [0.25, 0.3) is 0 Å². The minimum atomic E-state index is -0.0305. The number of aliphatic hydroxyl groups is 1. The third-order valence-corrected chi connectivity index (χ3v) is 4.21. The Morgan fingerprint density at radius 3 is 2.60 bits per heavy atom. The molecule has 0 aromatic rings. The van der Waals surface area contributed by atoms with Gasteiger partial charge in [0.2, 0.25) is 0 Å². The number of rotatable bonds is 2. The standard InChI is InChI=1S/C13H25NO/c1-10-3-4-13(15)12(7-10)9-14-6-5-11(2)8-14/h10-13,15H,3-9H2,1-2H3. The zero-order valence-electron chi connectivity index (χ0n) is 10.2. The molecule has 4 unspecified atom stereocenters. The maximum absolute atomic E-state index is 9.99. The number of hydrogen-bond acceptors (Lipinski definition) is 2. The predicted octanol–water partition coefficient (Wildman–Crippen LogP) is 2.13. The highest BCUT2D eigenvalue weighted by Crippen LogP contribution is 2.30. The van der Waals surface area contributed by atoms with E-state index in [9.17, 15) is 5.11 Å². The molecule has 0 radical (unpaired) electrons. The quantitative estimate of drug-likeness (QED) is 0.756. The van der Waals surface area contributed by atoms with E-state index in [-0.39, 0.29) is 6.10 Å². The number of hydrogen-bond donors (Lipinski definition) is 1. The highest BCUT2D eigenvalue weighted by atomic mass is 16.3. The Morgan fingerprint density at radius 2 is 1.93 bits per heavy atom. The second kappa shape index (κ2) is 4.84. The van der Waals surface area contributed by atoms with Gasteiger partial charge in [0.05, 0.1) is 6.10 Å². The Bertz CT molecular complexity index is 207. The van der Waals surface area contributed by atoms with Crippen molar-refractivity contribution in [1.82, 2.24) is 4.90 Å². The predicted molar refractivity (Wildman–Crippen MR) is 62.7 cm³/mol. The smallest absolute Gasteiger partial charge is 0.0580 e. The number of nitrogens with zero attached hydrogens (tertiary/aromatic N) is 1. The summed E-state index contributed by atoms with van der Waals surface area (Å²) in [7, 11) is 0. The minimum absolute atomic E-state index is 0.0305. The molecular formula is C13H25NO. The molecule has 0 aromatic heterocycles. The zero-order valence-corrected chi connectivity index (χ0v) is 10.2. The maximum Gasteiger partial charge on any atom is 0.0580 e. The summed E-state index contributed by atoms with van der Waals surface area (Å²) in [6.07, 6.45) is 4.78. The van der Waals surface area contributed by atoms with Crippen LogP contribution in [-0.4, -0.2) is 35.7 Å². The Balaban J connectivity index is 1.82. The normalized spacial score (nSPS) is 43.4. The lowest BCUT2D eigenvalue weighted by Gasteiger charge is -2.34. The molecular weight excluding hydrogens is 186 g/mol. The molecule has 4 atom stereocenters. The summed E-state index contributed by atoms with van der Waals surface area (Å²) in [5.41, 5.74) is 0. The van der Waals surface area contributed by atoms with Crippen molar-refractivity contribution in [3.8, 4) is 0 Å². The molecule has 1 heterocycles. The van der Waals surface area contributed by atoms with E-state index in [1.807, 2.05) is 0 Å². The van der Waals surface area contributed by atoms with Crippen molar-refractivity contribution in [3.63, 3.8) is 0 Å². The summed E-state index contributed by atoms with van der Waals surface area (Å²) in [5.74, 6) is 2.22. The highest BCUT2D eigenvalue weighted by Gasteiger charge is 2.30. The van der Waals surface area contributed by atoms with E-state index in [1.54, 1.807) is 0 Å². The molecule has 0 aromatic carbocycles. The van der Waals surface area contributed by atoms with Crippen molar-refractivity contribution < 1.29 is 5.11 Å². The molecule has 1 aliphatic carbocycles. The van der Waals surface area contributed by atoms with Crippen LogP contribution in [0.4, 0.5) is 0 Å². The average molecular weight is 211 g/mol. The maximum atomic E-state index is 9.99. The summed E-state index contributed by atoms with van der Waals surface area (Å²) < 4.78 is 0. The van der Waals surface area contributed by atoms with Crippen molar-refractivity contribution in [1.29, 1.82) is 0 Å². The molecule has 0 spiro atoms. The number of likely N-dealkylation sites (tertiary alicyclic amines) is 1. The fraction of sp³-hybridized carbons (Fsp3) is 1.00. The fourth-order valence-electron chi connectivity index (χ4n) is 3.20. The Kier molecular flexibility index (Phi) is 3.68. The van der Waals surface area contributed by atoms with Crippen molar-refractivity contribution in [2.24, 2.45) is 17.8 Å². The van der Waals surface area contributed by atoms with E-state index >= 15 is 0 Å². The summed E-state index contributed by atoms with van der Waals surface area (Å²) in [6, 6.07) is 0. The zero-order chi connectivity index (χ0) is 10.8. The van der Waals surface area contributed by atoms with Gasteiger partial charge in [-0.1, -0.05) is 13.8 Å². The first-order valence-corrected chi connectivity index (χ1v) is 6.55. The topological polar surface area (TPSA) is 23.5 Å². The van der Waals surface area contributed by atoms with Crippen molar-refractivity contribution in [3.05, 3.63) is 0 Å². The van der Waals surface area contributed by atoms with Crippen LogP contribution >= 0.6 is 0 Å². The Hall–Kier alpha value is -0.0800. The van der Waals surface area contributed by atoms with Crippen LogP contribution in [0.15, 0.2) is 0 Å². The Morgan fingerprint density at radius 1 is 1.13 bits per heavy atom. The molecule has 2 aliphatic rings. The SMILES string of the molecule is CC1CCC(O)C(CN2CCC(C)C2)C1. The molecule has 2 fully saturated rings. The molecule has 0 bridgehead atoms. The van der Waals surface area contributed by atoms with Crippen LogP contribution in [0.5, 0.6) is 0 Å². The van der Waals surface area contributed by atoms with Crippen molar-refractivity contribution in [2.45, 2.75) is 45.6 Å². The molecule has 88 valence electrons. The fourth-order valence-corrected chi connectivity index (χ4v) is 3.20. The lowest BCUT2D eigenvalue weighted by molar-refractivity contribution is 0.0341. The summed E-state index contributed by atoms with van der Waals surface area (Å²) >= 11 is 0. The monoisotopic (exact) mass is 211 g/mol. The first kappa shape index (κ1) is 11.4. The van der Waals surface area contributed by atoms with Gasteiger partial charge in [-0.25, -0.2) is 0 Å². The van der Waals surface area contributed by atoms with Gasteiger partial charge in [-0.15, -0.1) is 0 Å². The molecule has 1 N–H and O–H groups in total. The summed E-state index contributed by atoms with van der Waals surface area (Å²) in [4.78, 5) is 2.55. The first-order chi connectivity index (χ1) is 7.15. The van der Waals surface area contributed by atoms with Gasteiger partial charge in [0.25, 0.3) is 0 Å². The lowest BCUT2D eigenvalue weighted by Crippen LogP contribution is -2.37. The Labute approximate surface area is 93.7 Å².